The standard InChI is InChI=1S/C17H26OSi/c1-17(2)11-15(18)14(12-19(3,4)5)16(17)13-9-7-6-8-10-13/h6-10,15,18H,11-12H2,1-5H3/t15-/m0/s1. The zero-order valence-corrected chi connectivity index (χ0v) is 13.8. The normalized spacial score (nSPS) is 22.9. The molecule has 0 aliphatic heterocycles. The van der Waals surface area contributed by atoms with E-state index in [-0.39, 0.29) is 11.5 Å². The SMILES string of the molecule is CC1(C)C[C@H](O)C(C[Si](C)(C)C)=C1c1ccccc1. The second-order valence-corrected chi connectivity index (χ2v) is 13.1. The van der Waals surface area contributed by atoms with Gasteiger partial charge in [-0.05, 0) is 34.6 Å². The summed E-state index contributed by atoms with van der Waals surface area (Å²) in [4.78, 5) is 0. The second kappa shape index (κ2) is 4.91. The van der Waals surface area contributed by atoms with Crippen LogP contribution in [0.25, 0.3) is 5.57 Å². The van der Waals surface area contributed by atoms with E-state index in [1.807, 2.05) is 0 Å². The van der Waals surface area contributed by atoms with Gasteiger partial charge in [0.25, 0.3) is 0 Å². The van der Waals surface area contributed by atoms with E-state index in [9.17, 15) is 5.11 Å². The highest BCUT2D eigenvalue weighted by molar-refractivity contribution is 6.76. The highest BCUT2D eigenvalue weighted by atomic mass is 28.3. The van der Waals surface area contributed by atoms with E-state index in [0.29, 0.717) is 0 Å². The predicted octanol–water partition coefficient (Wildman–Crippen LogP) is 4.57. The summed E-state index contributed by atoms with van der Waals surface area (Å²) in [5, 5.41) is 10.5. The Morgan fingerprint density at radius 3 is 2.26 bits per heavy atom. The summed E-state index contributed by atoms with van der Waals surface area (Å²) in [5.74, 6) is 0. The molecule has 104 valence electrons. The summed E-state index contributed by atoms with van der Waals surface area (Å²) in [5.41, 5.74) is 4.06. The van der Waals surface area contributed by atoms with Crippen LogP contribution in [0.1, 0.15) is 25.8 Å². The average Bonchev–Trinajstić information content (AvgIpc) is 2.47. The number of allylic oxidation sites excluding steroid dienone is 1. The molecule has 0 unspecified atom stereocenters. The molecule has 19 heavy (non-hydrogen) atoms. The molecule has 1 aromatic rings. The molecule has 0 saturated carbocycles. The van der Waals surface area contributed by atoms with Crippen LogP contribution in [0, 0.1) is 5.41 Å². The van der Waals surface area contributed by atoms with Crippen molar-refractivity contribution in [3.05, 3.63) is 41.5 Å². The van der Waals surface area contributed by atoms with Gasteiger partial charge < -0.3 is 5.11 Å². The molecule has 2 rings (SSSR count). The largest absolute Gasteiger partial charge is 0.389 e. The van der Waals surface area contributed by atoms with Gasteiger partial charge in [-0.1, -0.05) is 63.8 Å². The Balaban J connectivity index is 2.52. The van der Waals surface area contributed by atoms with E-state index in [2.05, 4.69) is 63.8 Å². The fraction of sp³-hybridized carbons (Fsp3) is 0.529. The molecule has 0 amide bonds. The molecule has 0 aromatic heterocycles. The zero-order valence-electron chi connectivity index (χ0n) is 12.8. The number of aliphatic hydroxyl groups is 1. The molecule has 1 N–H and O–H groups in total. The maximum absolute atomic E-state index is 10.5. The van der Waals surface area contributed by atoms with Gasteiger partial charge in [0.15, 0.2) is 0 Å². The lowest BCUT2D eigenvalue weighted by Crippen LogP contribution is -2.23. The van der Waals surface area contributed by atoms with Crippen LogP contribution in [0.3, 0.4) is 0 Å². The fourth-order valence-corrected chi connectivity index (χ4v) is 4.82. The van der Waals surface area contributed by atoms with E-state index >= 15 is 0 Å². The first-order valence-electron chi connectivity index (χ1n) is 7.18. The monoisotopic (exact) mass is 274 g/mol. The molecule has 0 radical (unpaired) electrons. The Bertz CT molecular complexity index is 480. The van der Waals surface area contributed by atoms with Crippen LogP contribution in [0.5, 0.6) is 0 Å². The molecular weight excluding hydrogens is 248 g/mol. The molecule has 1 atom stereocenters. The summed E-state index contributed by atoms with van der Waals surface area (Å²) < 4.78 is 0. The van der Waals surface area contributed by atoms with Crippen molar-refractivity contribution in [2.45, 2.75) is 52.1 Å². The number of benzene rings is 1. The number of rotatable bonds is 3. The second-order valence-electron chi connectivity index (χ2n) is 7.61. The third-order valence-electron chi connectivity index (χ3n) is 3.89. The predicted molar refractivity (Wildman–Crippen MR) is 85.9 cm³/mol. The van der Waals surface area contributed by atoms with Crippen LogP contribution < -0.4 is 0 Å². The third kappa shape index (κ3) is 3.18. The number of hydrogen-bond acceptors (Lipinski definition) is 1. The first-order valence-corrected chi connectivity index (χ1v) is 10.9. The Morgan fingerprint density at radius 2 is 1.74 bits per heavy atom. The number of hydrogen-bond donors (Lipinski definition) is 1. The van der Waals surface area contributed by atoms with Crippen molar-refractivity contribution in [2.75, 3.05) is 0 Å². The maximum Gasteiger partial charge on any atom is 0.0761 e. The van der Waals surface area contributed by atoms with Crippen LogP contribution in [-0.4, -0.2) is 19.3 Å². The van der Waals surface area contributed by atoms with Gasteiger partial charge in [-0.25, -0.2) is 0 Å². The summed E-state index contributed by atoms with van der Waals surface area (Å²) in [6.07, 6.45) is 0.605. The quantitative estimate of drug-likeness (QED) is 0.801. The van der Waals surface area contributed by atoms with Gasteiger partial charge in [-0.2, -0.15) is 0 Å². The van der Waals surface area contributed by atoms with Crippen molar-refractivity contribution in [3.63, 3.8) is 0 Å². The maximum atomic E-state index is 10.5. The van der Waals surface area contributed by atoms with Gasteiger partial charge >= 0.3 is 0 Å². The molecule has 1 aliphatic rings. The molecular formula is C17H26OSi. The Morgan fingerprint density at radius 1 is 1.16 bits per heavy atom. The fourth-order valence-electron chi connectivity index (χ4n) is 3.27. The van der Waals surface area contributed by atoms with Gasteiger partial charge in [0.2, 0.25) is 0 Å². The summed E-state index contributed by atoms with van der Waals surface area (Å²) in [6, 6.07) is 11.7. The molecule has 0 spiro atoms. The van der Waals surface area contributed by atoms with Crippen molar-refractivity contribution in [3.8, 4) is 0 Å². The number of aliphatic hydroxyl groups excluding tert-OH is 1. The van der Waals surface area contributed by atoms with Crippen molar-refractivity contribution in [2.24, 2.45) is 5.41 Å². The highest BCUT2D eigenvalue weighted by Gasteiger charge is 2.40. The van der Waals surface area contributed by atoms with E-state index in [4.69, 9.17) is 0 Å². The molecule has 1 nitrogen and oxygen atoms in total. The van der Waals surface area contributed by atoms with E-state index < -0.39 is 8.07 Å². The lowest BCUT2D eigenvalue weighted by atomic mass is 9.81. The van der Waals surface area contributed by atoms with Crippen molar-refractivity contribution >= 4 is 13.6 Å². The van der Waals surface area contributed by atoms with Gasteiger partial charge in [0.05, 0.1) is 6.10 Å². The van der Waals surface area contributed by atoms with Crippen molar-refractivity contribution in [1.82, 2.24) is 0 Å². The van der Waals surface area contributed by atoms with Gasteiger partial charge in [0.1, 0.15) is 0 Å². The lowest BCUT2D eigenvalue weighted by Gasteiger charge is -2.24. The molecule has 2 heteroatoms. The van der Waals surface area contributed by atoms with Crippen molar-refractivity contribution in [1.29, 1.82) is 0 Å². The highest BCUT2D eigenvalue weighted by Crippen LogP contribution is 2.50. The Labute approximate surface area is 118 Å². The smallest absolute Gasteiger partial charge is 0.0761 e. The first-order chi connectivity index (χ1) is 8.71. The molecule has 0 heterocycles. The minimum absolute atomic E-state index is 0.0791. The molecule has 1 aliphatic carbocycles. The molecule has 1 aromatic carbocycles. The van der Waals surface area contributed by atoms with Crippen molar-refractivity contribution < 1.29 is 5.11 Å². The van der Waals surface area contributed by atoms with E-state index in [1.165, 1.54) is 16.7 Å². The summed E-state index contributed by atoms with van der Waals surface area (Å²) in [7, 11) is -1.22. The average molecular weight is 274 g/mol. The van der Waals surface area contributed by atoms with Gasteiger partial charge in [0, 0.05) is 8.07 Å². The lowest BCUT2D eigenvalue weighted by molar-refractivity contribution is 0.184. The first kappa shape index (κ1) is 14.5. The molecule has 0 saturated heterocycles. The minimum atomic E-state index is -1.22. The van der Waals surface area contributed by atoms with Crippen LogP contribution in [0.15, 0.2) is 35.9 Å². The van der Waals surface area contributed by atoms with Crippen LogP contribution in [0.4, 0.5) is 0 Å². The molecule has 0 fully saturated rings. The summed E-state index contributed by atoms with van der Waals surface area (Å²) >= 11 is 0. The van der Waals surface area contributed by atoms with E-state index in [0.717, 1.165) is 12.5 Å². The van der Waals surface area contributed by atoms with Crippen LogP contribution in [-0.2, 0) is 0 Å². The van der Waals surface area contributed by atoms with Crippen LogP contribution >= 0.6 is 0 Å². The van der Waals surface area contributed by atoms with E-state index in [1.54, 1.807) is 0 Å². The molecule has 0 bridgehead atoms. The minimum Gasteiger partial charge on any atom is -0.389 e. The van der Waals surface area contributed by atoms with Gasteiger partial charge in [-0.15, -0.1) is 0 Å². The summed E-state index contributed by atoms with van der Waals surface area (Å²) in [6.45, 7) is 11.6. The third-order valence-corrected chi connectivity index (χ3v) is 5.33. The topological polar surface area (TPSA) is 20.2 Å². The zero-order chi connectivity index (χ0) is 14.3. The Kier molecular flexibility index (Phi) is 3.76. The van der Waals surface area contributed by atoms with Crippen LogP contribution in [0.2, 0.25) is 25.7 Å². The van der Waals surface area contributed by atoms with Gasteiger partial charge in [-0.3, -0.25) is 0 Å². The Hall–Kier alpha value is -0.863.